The van der Waals surface area contributed by atoms with Crippen molar-refractivity contribution in [2.45, 2.75) is 31.9 Å². The van der Waals surface area contributed by atoms with E-state index in [1.54, 1.807) is 12.1 Å². The highest BCUT2D eigenvalue weighted by Crippen LogP contribution is 2.64. The van der Waals surface area contributed by atoms with Gasteiger partial charge in [-0.25, -0.2) is 0 Å². The maximum Gasteiger partial charge on any atom is 0.420 e. The fraction of sp³-hybridized carbons (Fsp3) is 0.438. The lowest BCUT2D eigenvalue weighted by molar-refractivity contribution is -0.132. The van der Waals surface area contributed by atoms with Gasteiger partial charge < -0.3 is 0 Å². The molecule has 23 heavy (non-hydrogen) atoms. The second kappa shape index (κ2) is 3.83. The van der Waals surface area contributed by atoms with E-state index >= 15 is 0 Å². The number of carbonyl (C=O) groups excluding carboxylic acids is 1. The molecule has 0 aliphatic heterocycles. The molecule has 1 N–H and O–H groups in total. The molecule has 0 amide bonds. The lowest BCUT2D eigenvalue weighted by Gasteiger charge is -2.33. The zero-order valence-electron chi connectivity index (χ0n) is 12.0. The summed E-state index contributed by atoms with van der Waals surface area (Å²) in [7, 11) is 0. The van der Waals surface area contributed by atoms with Gasteiger partial charge in [0, 0.05) is 11.3 Å². The fourth-order valence-corrected chi connectivity index (χ4v) is 4.84. The van der Waals surface area contributed by atoms with Crippen LogP contribution in [0.5, 0.6) is 0 Å². The Balaban J connectivity index is 1.89. The van der Waals surface area contributed by atoms with E-state index in [-0.39, 0.29) is 5.57 Å². The number of aromatic amines is 1. The second-order valence-corrected chi connectivity index (χ2v) is 6.81. The van der Waals surface area contributed by atoms with Gasteiger partial charge in [-0.15, -0.1) is 5.10 Å². The van der Waals surface area contributed by atoms with Crippen LogP contribution >= 0.6 is 0 Å². The summed E-state index contributed by atoms with van der Waals surface area (Å²) in [6.45, 7) is 0. The number of alkyl halides is 3. The lowest BCUT2D eigenvalue weighted by Crippen LogP contribution is -2.34. The molecule has 1 fully saturated rings. The van der Waals surface area contributed by atoms with Crippen molar-refractivity contribution in [3.05, 3.63) is 28.8 Å². The van der Waals surface area contributed by atoms with Gasteiger partial charge in [-0.3, -0.25) is 9.89 Å². The molecular weight excluding hydrogens is 307 g/mol. The number of hydrogen-bond acceptors (Lipinski definition) is 3. The van der Waals surface area contributed by atoms with Gasteiger partial charge in [0.15, 0.2) is 5.78 Å². The highest BCUT2D eigenvalue weighted by Gasteiger charge is 2.59. The molecule has 118 valence electrons. The van der Waals surface area contributed by atoms with Crippen LogP contribution < -0.4 is 0 Å². The van der Waals surface area contributed by atoms with Crippen molar-refractivity contribution in [1.29, 1.82) is 0 Å². The molecule has 3 aliphatic rings. The number of fused-ring (bicyclic) bond motifs is 5. The number of hydrogen-bond donors (Lipinski definition) is 1. The Labute approximate surface area is 128 Å². The number of halogens is 3. The maximum atomic E-state index is 13.6. The molecule has 0 saturated heterocycles. The highest BCUT2D eigenvalue weighted by atomic mass is 19.4. The first-order valence-electron chi connectivity index (χ1n) is 7.60. The third-order valence-corrected chi connectivity index (χ3v) is 5.68. The molecule has 1 saturated carbocycles. The Morgan fingerprint density at radius 2 is 2.13 bits per heavy atom. The molecule has 5 rings (SSSR count). The number of rotatable bonds is 0. The zero-order valence-corrected chi connectivity index (χ0v) is 12.0. The van der Waals surface area contributed by atoms with Crippen molar-refractivity contribution < 1.29 is 18.0 Å². The van der Waals surface area contributed by atoms with Gasteiger partial charge in [0.05, 0.1) is 5.52 Å². The van der Waals surface area contributed by atoms with Gasteiger partial charge in [0.25, 0.3) is 0 Å². The number of nitrogens with zero attached hydrogens (tertiary/aromatic N) is 2. The largest absolute Gasteiger partial charge is 0.420 e. The van der Waals surface area contributed by atoms with Gasteiger partial charge in [-0.2, -0.15) is 13.2 Å². The van der Waals surface area contributed by atoms with E-state index in [1.807, 2.05) is 0 Å². The summed E-state index contributed by atoms with van der Waals surface area (Å²) < 4.78 is 40.9. The molecule has 7 heteroatoms. The van der Waals surface area contributed by atoms with E-state index < -0.39 is 28.9 Å². The minimum absolute atomic E-state index is 0.212. The average Bonchev–Trinajstić information content (AvgIpc) is 3.15. The minimum atomic E-state index is -4.61. The molecule has 1 aromatic heterocycles. The number of H-pyrrole nitrogens is 1. The third-order valence-electron chi connectivity index (χ3n) is 5.68. The molecule has 1 heterocycles. The summed E-state index contributed by atoms with van der Waals surface area (Å²) in [5.74, 6) is -1.22. The molecule has 4 nitrogen and oxygen atoms in total. The molecule has 1 spiro atoms. The van der Waals surface area contributed by atoms with E-state index in [0.29, 0.717) is 42.3 Å². The predicted molar refractivity (Wildman–Crippen MR) is 75.3 cm³/mol. The topological polar surface area (TPSA) is 58.6 Å². The minimum Gasteiger partial charge on any atom is -0.294 e. The van der Waals surface area contributed by atoms with Gasteiger partial charge in [0.1, 0.15) is 11.1 Å². The average molecular weight is 319 g/mol. The number of carbonyl (C=O) groups is 1. The third kappa shape index (κ3) is 1.50. The van der Waals surface area contributed by atoms with Crippen molar-refractivity contribution in [3.8, 4) is 0 Å². The van der Waals surface area contributed by atoms with E-state index in [2.05, 4.69) is 15.4 Å². The first kappa shape index (κ1) is 13.3. The Morgan fingerprint density at radius 1 is 1.30 bits per heavy atom. The molecule has 1 aromatic carbocycles. The van der Waals surface area contributed by atoms with Crippen molar-refractivity contribution in [2.75, 3.05) is 0 Å². The molecule has 3 aliphatic carbocycles. The van der Waals surface area contributed by atoms with Gasteiger partial charge in [0.2, 0.25) is 0 Å². The number of benzene rings is 1. The Bertz CT molecular complexity index is 911. The Hall–Kier alpha value is -2.18. The van der Waals surface area contributed by atoms with Crippen molar-refractivity contribution >= 4 is 22.4 Å². The summed E-state index contributed by atoms with van der Waals surface area (Å²) in [6, 6.07) is 3.37. The van der Waals surface area contributed by atoms with Crippen molar-refractivity contribution in [3.63, 3.8) is 0 Å². The van der Waals surface area contributed by atoms with Crippen LogP contribution in [-0.2, 0) is 11.2 Å². The summed E-state index contributed by atoms with van der Waals surface area (Å²) >= 11 is 0. The monoisotopic (exact) mass is 319 g/mol. The summed E-state index contributed by atoms with van der Waals surface area (Å²) in [5, 5.41) is 10.6. The SMILES string of the molecule is O=C1C(C(F)(F)F)=C2c3ccc4[nH]nnc4c3C[C@@]23CC[C@@H]1C3. The van der Waals surface area contributed by atoms with Crippen molar-refractivity contribution in [1.82, 2.24) is 15.4 Å². The number of allylic oxidation sites excluding steroid dienone is 2. The predicted octanol–water partition coefficient (Wildman–Crippen LogP) is 3.20. The lowest BCUT2D eigenvalue weighted by atomic mass is 9.71. The molecule has 2 bridgehead atoms. The summed E-state index contributed by atoms with van der Waals surface area (Å²) in [6.07, 6.45) is -2.40. The van der Waals surface area contributed by atoms with Gasteiger partial charge in [-0.05, 0) is 48.4 Å². The number of ketones is 1. The molecule has 0 unspecified atom stereocenters. The van der Waals surface area contributed by atoms with Crippen LogP contribution in [0.2, 0.25) is 0 Å². The van der Waals surface area contributed by atoms with Crippen molar-refractivity contribution in [2.24, 2.45) is 11.3 Å². The van der Waals surface area contributed by atoms with Crippen LogP contribution in [0.15, 0.2) is 17.7 Å². The number of nitrogens with one attached hydrogen (secondary N) is 1. The quantitative estimate of drug-likeness (QED) is 0.811. The molecule has 2 atom stereocenters. The van der Waals surface area contributed by atoms with Crippen LogP contribution in [0.4, 0.5) is 13.2 Å². The highest BCUT2D eigenvalue weighted by molar-refractivity contribution is 6.10. The van der Waals surface area contributed by atoms with E-state index in [4.69, 9.17) is 0 Å². The maximum absolute atomic E-state index is 13.6. The van der Waals surface area contributed by atoms with Crippen LogP contribution in [0, 0.1) is 11.3 Å². The normalized spacial score (nSPS) is 29.3. The summed E-state index contributed by atoms with van der Waals surface area (Å²) in [4.78, 5) is 12.4. The van der Waals surface area contributed by atoms with Gasteiger partial charge in [-0.1, -0.05) is 11.3 Å². The Morgan fingerprint density at radius 3 is 2.91 bits per heavy atom. The standard InChI is InChI=1S/C16H12F3N3O/c17-16(18,19)12-11-8-1-2-10-13(21-22-20-10)9(8)6-15(11)4-3-7(5-15)14(12)23/h1-2,7H,3-6H2,(H,20,21,22)/t7-,15+/m1/s1. The van der Waals surface area contributed by atoms with E-state index in [9.17, 15) is 18.0 Å². The molecule has 0 radical (unpaired) electrons. The van der Waals surface area contributed by atoms with E-state index in [1.165, 1.54) is 0 Å². The molecular formula is C16H12F3N3O. The van der Waals surface area contributed by atoms with Crippen LogP contribution in [0.25, 0.3) is 16.6 Å². The number of Topliss-reactive ketones (excluding diaryl/α,β-unsaturated/α-hetero) is 1. The van der Waals surface area contributed by atoms with Gasteiger partial charge >= 0.3 is 6.18 Å². The van der Waals surface area contributed by atoms with E-state index in [0.717, 1.165) is 5.56 Å². The number of aromatic nitrogens is 3. The second-order valence-electron chi connectivity index (χ2n) is 6.81. The summed E-state index contributed by atoms with van der Waals surface area (Å²) in [5.41, 5.74) is 1.40. The zero-order chi connectivity index (χ0) is 16.0. The fourth-order valence-electron chi connectivity index (χ4n) is 4.84. The molecule has 2 aromatic rings. The van der Waals surface area contributed by atoms with Crippen LogP contribution in [0.3, 0.4) is 0 Å². The first-order valence-corrected chi connectivity index (χ1v) is 7.60. The van der Waals surface area contributed by atoms with Crippen LogP contribution in [0.1, 0.15) is 30.4 Å². The van der Waals surface area contributed by atoms with Crippen LogP contribution in [-0.4, -0.2) is 27.4 Å². The first-order chi connectivity index (χ1) is 10.9. The smallest absolute Gasteiger partial charge is 0.294 e. The Kier molecular flexibility index (Phi) is 2.21.